The van der Waals surface area contributed by atoms with Crippen LogP contribution in [0.2, 0.25) is 0 Å². The molecule has 2 saturated heterocycles. The quantitative estimate of drug-likeness (QED) is 0.751. The largest absolute Gasteiger partial charge is 0.378 e. The minimum Gasteiger partial charge on any atom is -0.378 e. The zero-order chi connectivity index (χ0) is 19.2. The fraction of sp³-hybridized carbons (Fsp3) is 0.850. The number of amides is 2. The van der Waals surface area contributed by atoms with Crippen molar-refractivity contribution in [2.75, 3.05) is 32.9 Å². The molecular formula is C20H32N2O5. The van der Waals surface area contributed by atoms with Crippen molar-refractivity contribution in [1.29, 1.82) is 0 Å². The van der Waals surface area contributed by atoms with E-state index in [0.717, 1.165) is 19.3 Å². The number of Topliss-reactive ketones (excluding diaryl/α,β-unsaturated/α-hetero) is 1. The van der Waals surface area contributed by atoms with Gasteiger partial charge in [0.05, 0.1) is 19.3 Å². The lowest BCUT2D eigenvalue weighted by Crippen LogP contribution is -2.48. The number of morpholine rings is 1. The minimum absolute atomic E-state index is 0.0105. The van der Waals surface area contributed by atoms with E-state index in [9.17, 15) is 14.4 Å². The Kier molecular flexibility index (Phi) is 7.24. The predicted octanol–water partition coefficient (Wildman–Crippen LogP) is 1.29. The van der Waals surface area contributed by atoms with E-state index in [-0.39, 0.29) is 42.6 Å². The van der Waals surface area contributed by atoms with Gasteiger partial charge in [0.1, 0.15) is 12.6 Å². The second kappa shape index (κ2) is 9.64. The van der Waals surface area contributed by atoms with Crippen molar-refractivity contribution in [1.82, 2.24) is 10.2 Å². The van der Waals surface area contributed by atoms with E-state index in [1.807, 2.05) is 0 Å². The van der Waals surface area contributed by atoms with Crippen molar-refractivity contribution in [3.8, 4) is 0 Å². The van der Waals surface area contributed by atoms with Gasteiger partial charge in [0, 0.05) is 25.4 Å². The molecule has 3 aliphatic rings. The van der Waals surface area contributed by atoms with E-state index in [0.29, 0.717) is 32.2 Å². The van der Waals surface area contributed by atoms with E-state index < -0.39 is 6.04 Å². The van der Waals surface area contributed by atoms with Gasteiger partial charge in [-0.1, -0.05) is 32.1 Å². The third-order valence-corrected chi connectivity index (χ3v) is 6.10. The van der Waals surface area contributed by atoms with Crippen molar-refractivity contribution < 1.29 is 23.9 Å². The molecular weight excluding hydrogens is 348 g/mol. The topological polar surface area (TPSA) is 84.9 Å². The summed E-state index contributed by atoms with van der Waals surface area (Å²) in [5.74, 6) is -0.162. The standard InChI is InChI=1S/C20H32N2O5/c1-14-19(17(23)13-27-14)21-20(25)16(11-15-5-3-2-4-6-15)12-18(24)22-7-9-26-10-8-22/h14-16,19H,2-13H2,1H3,(H,21,25)/t14-,16+,19?/m0/s1. The lowest BCUT2D eigenvalue weighted by molar-refractivity contribution is -0.140. The van der Waals surface area contributed by atoms with Crippen LogP contribution in [0.25, 0.3) is 0 Å². The molecule has 2 amide bonds. The summed E-state index contributed by atoms with van der Waals surface area (Å²) in [5.41, 5.74) is 0. The molecule has 152 valence electrons. The summed E-state index contributed by atoms with van der Waals surface area (Å²) in [7, 11) is 0. The maximum Gasteiger partial charge on any atom is 0.224 e. The van der Waals surface area contributed by atoms with Crippen LogP contribution in [0, 0.1) is 11.8 Å². The molecule has 2 aliphatic heterocycles. The maximum absolute atomic E-state index is 13.0. The molecule has 0 bridgehead atoms. The average molecular weight is 380 g/mol. The molecule has 1 saturated carbocycles. The fourth-order valence-corrected chi connectivity index (χ4v) is 4.39. The van der Waals surface area contributed by atoms with Crippen molar-refractivity contribution in [2.24, 2.45) is 11.8 Å². The number of hydrogen-bond acceptors (Lipinski definition) is 5. The van der Waals surface area contributed by atoms with Crippen molar-refractivity contribution in [3.63, 3.8) is 0 Å². The Bertz CT molecular complexity index is 540. The van der Waals surface area contributed by atoms with Crippen LogP contribution in [0.5, 0.6) is 0 Å². The predicted molar refractivity (Wildman–Crippen MR) is 99.0 cm³/mol. The van der Waals surface area contributed by atoms with E-state index in [4.69, 9.17) is 9.47 Å². The van der Waals surface area contributed by atoms with Crippen molar-refractivity contribution in [3.05, 3.63) is 0 Å². The molecule has 0 aromatic rings. The molecule has 1 unspecified atom stereocenters. The molecule has 1 N–H and O–H groups in total. The van der Waals surface area contributed by atoms with Gasteiger partial charge in [0.2, 0.25) is 11.8 Å². The Balaban J connectivity index is 1.63. The summed E-state index contributed by atoms with van der Waals surface area (Å²) in [5, 5.41) is 2.87. The number of hydrogen-bond donors (Lipinski definition) is 1. The first-order valence-electron chi connectivity index (χ1n) is 10.3. The molecule has 7 nitrogen and oxygen atoms in total. The smallest absolute Gasteiger partial charge is 0.224 e. The normalized spacial score (nSPS) is 28.2. The number of ether oxygens (including phenoxy) is 2. The van der Waals surface area contributed by atoms with Crippen LogP contribution in [-0.2, 0) is 23.9 Å². The van der Waals surface area contributed by atoms with Gasteiger partial charge in [-0.3, -0.25) is 14.4 Å². The lowest BCUT2D eigenvalue weighted by atomic mass is 9.81. The second-order valence-corrected chi connectivity index (χ2v) is 8.10. The number of nitrogens with zero attached hydrogens (tertiary/aromatic N) is 1. The first kappa shape index (κ1) is 20.3. The summed E-state index contributed by atoms with van der Waals surface area (Å²) in [6, 6.07) is -0.593. The molecule has 0 aromatic heterocycles. The van der Waals surface area contributed by atoms with Crippen LogP contribution in [0.4, 0.5) is 0 Å². The highest BCUT2D eigenvalue weighted by Crippen LogP contribution is 2.31. The van der Waals surface area contributed by atoms with Crippen LogP contribution in [0.3, 0.4) is 0 Å². The van der Waals surface area contributed by atoms with E-state index in [1.54, 1.807) is 11.8 Å². The summed E-state index contributed by atoms with van der Waals surface area (Å²) >= 11 is 0. The SMILES string of the molecule is C[C@@H]1OCC(=O)C1NC(=O)[C@@H](CC(=O)N1CCOCC1)CC1CCCCC1. The maximum atomic E-state index is 13.0. The Labute approximate surface area is 161 Å². The number of ketones is 1. The molecule has 0 spiro atoms. The number of rotatable bonds is 6. The summed E-state index contributed by atoms with van der Waals surface area (Å²) in [4.78, 5) is 39.4. The third kappa shape index (κ3) is 5.51. The summed E-state index contributed by atoms with van der Waals surface area (Å²) in [6.07, 6.45) is 6.51. The molecule has 27 heavy (non-hydrogen) atoms. The molecule has 7 heteroatoms. The second-order valence-electron chi connectivity index (χ2n) is 8.10. The monoisotopic (exact) mass is 380 g/mol. The Morgan fingerprint density at radius 3 is 2.52 bits per heavy atom. The zero-order valence-electron chi connectivity index (χ0n) is 16.3. The van der Waals surface area contributed by atoms with E-state index in [2.05, 4.69) is 5.32 Å². The van der Waals surface area contributed by atoms with Crippen LogP contribution in [0.1, 0.15) is 51.9 Å². The summed E-state index contributed by atoms with van der Waals surface area (Å²) in [6.45, 7) is 4.12. The van der Waals surface area contributed by atoms with Crippen LogP contribution in [-0.4, -0.2) is 67.6 Å². The minimum atomic E-state index is -0.593. The zero-order valence-corrected chi connectivity index (χ0v) is 16.3. The van der Waals surface area contributed by atoms with E-state index >= 15 is 0 Å². The molecule has 2 heterocycles. The number of nitrogens with one attached hydrogen (secondary N) is 1. The average Bonchev–Trinajstić information content (AvgIpc) is 3.01. The van der Waals surface area contributed by atoms with Gasteiger partial charge in [0.25, 0.3) is 0 Å². The van der Waals surface area contributed by atoms with Gasteiger partial charge >= 0.3 is 0 Å². The Morgan fingerprint density at radius 2 is 1.89 bits per heavy atom. The van der Waals surface area contributed by atoms with Crippen LogP contribution < -0.4 is 5.32 Å². The van der Waals surface area contributed by atoms with Crippen molar-refractivity contribution in [2.45, 2.75) is 64.0 Å². The molecule has 0 aromatic carbocycles. The van der Waals surface area contributed by atoms with Crippen molar-refractivity contribution >= 4 is 17.6 Å². The first-order valence-corrected chi connectivity index (χ1v) is 10.3. The van der Waals surface area contributed by atoms with Gasteiger partial charge < -0.3 is 19.7 Å². The molecule has 0 radical (unpaired) electrons. The van der Waals surface area contributed by atoms with Gasteiger partial charge in [-0.2, -0.15) is 0 Å². The third-order valence-electron chi connectivity index (χ3n) is 6.10. The summed E-state index contributed by atoms with van der Waals surface area (Å²) < 4.78 is 10.6. The molecule has 3 atom stereocenters. The van der Waals surface area contributed by atoms with Crippen LogP contribution >= 0.6 is 0 Å². The molecule has 1 aliphatic carbocycles. The Hall–Kier alpha value is -1.47. The fourth-order valence-electron chi connectivity index (χ4n) is 4.39. The van der Waals surface area contributed by atoms with Gasteiger partial charge in [0.15, 0.2) is 5.78 Å². The highest BCUT2D eigenvalue weighted by Gasteiger charge is 2.36. The highest BCUT2D eigenvalue weighted by atomic mass is 16.5. The number of carbonyl (C=O) groups is 3. The van der Waals surface area contributed by atoms with Gasteiger partial charge in [-0.05, 0) is 19.3 Å². The first-order chi connectivity index (χ1) is 13.0. The number of carbonyl (C=O) groups excluding carboxylic acids is 3. The van der Waals surface area contributed by atoms with Crippen LogP contribution in [0.15, 0.2) is 0 Å². The van der Waals surface area contributed by atoms with E-state index in [1.165, 1.54) is 19.3 Å². The Morgan fingerprint density at radius 1 is 1.19 bits per heavy atom. The highest BCUT2D eigenvalue weighted by molar-refractivity contribution is 5.93. The van der Waals surface area contributed by atoms with Gasteiger partial charge in [-0.15, -0.1) is 0 Å². The lowest BCUT2D eigenvalue weighted by Gasteiger charge is -2.30. The van der Waals surface area contributed by atoms with Gasteiger partial charge in [-0.25, -0.2) is 0 Å². The molecule has 3 fully saturated rings. The molecule has 3 rings (SSSR count).